The predicted octanol–water partition coefficient (Wildman–Crippen LogP) is 4.93. The molecule has 35 heavy (non-hydrogen) atoms. The number of ether oxygens (including phenoxy) is 1. The van der Waals surface area contributed by atoms with Gasteiger partial charge in [0.2, 0.25) is 0 Å². The third kappa shape index (κ3) is 6.38. The van der Waals surface area contributed by atoms with Crippen molar-refractivity contribution in [2.75, 3.05) is 19.3 Å². The fraction of sp³-hybridized carbons (Fsp3) is 0.458. The second-order valence-electron chi connectivity index (χ2n) is 8.95. The summed E-state index contributed by atoms with van der Waals surface area (Å²) in [5, 5.41) is 0. The van der Waals surface area contributed by atoms with Gasteiger partial charge in [0.1, 0.15) is 34.5 Å². The molecule has 1 amide bonds. The number of rotatable bonds is 7. The van der Waals surface area contributed by atoms with Crippen LogP contribution in [0, 0.1) is 11.6 Å². The number of carbonyl (C=O) groups is 1. The lowest BCUT2D eigenvalue weighted by Gasteiger charge is -2.34. The highest BCUT2D eigenvalue weighted by Crippen LogP contribution is 2.45. The maximum atomic E-state index is 14.7. The Morgan fingerprint density at radius 3 is 2.57 bits per heavy atom. The molecule has 1 saturated heterocycles. The van der Waals surface area contributed by atoms with Crippen molar-refractivity contribution in [2.45, 2.75) is 50.4 Å². The molecule has 2 aromatic carbocycles. The van der Waals surface area contributed by atoms with Crippen LogP contribution in [0.25, 0.3) is 0 Å². The lowest BCUT2D eigenvalue weighted by Crippen LogP contribution is -2.41. The average Bonchev–Trinajstić information content (AvgIpc) is 3.58. The smallest absolute Gasteiger partial charge is 0.416 e. The average molecular weight is 517 g/mol. The number of carbonyl (C=O) groups excluding carboxylic acids is 1. The molecule has 190 valence electrons. The second-order valence-corrected chi connectivity index (χ2v) is 10.1. The van der Waals surface area contributed by atoms with Gasteiger partial charge in [-0.05, 0) is 73.5 Å². The summed E-state index contributed by atoms with van der Waals surface area (Å²) in [5.74, 6) is -1.91. The quantitative estimate of drug-likeness (QED) is 0.531. The van der Waals surface area contributed by atoms with Gasteiger partial charge in [0.15, 0.2) is 0 Å². The van der Waals surface area contributed by atoms with Gasteiger partial charge < -0.3 is 4.74 Å². The molecule has 0 spiro atoms. The minimum absolute atomic E-state index is 0.0937. The highest BCUT2D eigenvalue weighted by atomic mass is 32.2. The maximum Gasteiger partial charge on any atom is 0.416 e. The van der Waals surface area contributed by atoms with E-state index in [0.29, 0.717) is 30.7 Å². The Bertz CT molecular complexity index is 1140. The fourth-order valence-electron chi connectivity index (χ4n) is 4.39. The van der Waals surface area contributed by atoms with Crippen LogP contribution < -0.4 is 9.46 Å². The van der Waals surface area contributed by atoms with Crippen molar-refractivity contribution < 1.29 is 35.7 Å². The van der Waals surface area contributed by atoms with Gasteiger partial charge in [0, 0.05) is 25.4 Å². The molecule has 2 atom stereocenters. The molecule has 1 heterocycles. The van der Waals surface area contributed by atoms with Crippen LogP contribution in [0.1, 0.15) is 58.6 Å². The van der Waals surface area contributed by atoms with Gasteiger partial charge in [0.25, 0.3) is 5.91 Å². The lowest BCUT2D eigenvalue weighted by molar-refractivity contribution is -0.138. The molecule has 0 bridgehead atoms. The van der Waals surface area contributed by atoms with E-state index in [1.54, 1.807) is 4.90 Å². The minimum Gasteiger partial charge on any atom is -0.489 e. The van der Waals surface area contributed by atoms with Crippen molar-refractivity contribution >= 4 is 16.9 Å². The van der Waals surface area contributed by atoms with Gasteiger partial charge in [0.05, 0.1) is 11.1 Å². The number of alkyl halides is 3. The fourth-order valence-corrected chi connectivity index (χ4v) is 4.76. The summed E-state index contributed by atoms with van der Waals surface area (Å²) in [4.78, 5) is 14.0. The maximum absolute atomic E-state index is 14.7. The summed E-state index contributed by atoms with van der Waals surface area (Å²) in [6.07, 6.45) is -0.750. The van der Waals surface area contributed by atoms with Crippen molar-refractivity contribution in [3.05, 3.63) is 64.2 Å². The lowest BCUT2D eigenvalue weighted by atomic mass is 10.0. The summed E-state index contributed by atoms with van der Waals surface area (Å²) in [5.41, 5.74) is -0.556. The summed E-state index contributed by atoms with van der Waals surface area (Å²) >= 11 is 0. The normalized spacial score (nSPS) is 19.9. The van der Waals surface area contributed by atoms with E-state index < -0.39 is 46.4 Å². The van der Waals surface area contributed by atoms with Crippen molar-refractivity contribution in [2.24, 2.45) is 0 Å². The molecule has 2 aliphatic rings. The number of likely N-dealkylation sites (tertiary alicyclic amines) is 1. The third-order valence-corrected chi connectivity index (χ3v) is 6.59. The Morgan fingerprint density at radius 1 is 1.17 bits per heavy atom. The Labute approximate surface area is 202 Å². The summed E-state index contributed by atoms with van der Waals surface area (Å²) in [7, 11) is -1.64. The van der Waals surface area contributed by atoms with E-state index in [9.17, 15) is 31.0 Å². The number of nitrogens with one attached hydrogen (secondary N) is 1. The molecule has 2 fully saturated rings. The molecule has 1 saturated carbocycles. The van der Waals surface area contributed by atoms with E-state index in [4.69, 9.17) is 4.74 Å². The van der Waals surface area contributed by atoms with Gasteiger partial charge in [-0.2, -0.15) is 13.2 Å². The first-order chi connectivity index (χ1) is 16.5. The Hall–Kier alpha value is -2.53. The molecule has 4 rings (SSSR count). The Morgan fingerprint density at radius 2 is 1.91 bits per heavy atom. The van der Waals surface area contributed by atoms with Crippen molar-refractivity contribution in [3.63, 3.8) is 0 Å². The van der Waals surface area contributed by atoms with Crippen molar-refractivity contribution in [1.82, 2.24) is 9.62 Å². The molecular weight excluding hydrogens is 491 g/mol. The van der Waals surface area contributed by atoms with Gasteiger partial charge in [-0.3, -0.25) is 14.4 Å². The summed E-state index contributed by atoms with van der Waals surface area (Å²) < 4.78 is 88.1. The number of piperidine rings is 1. The second kappa shape index (κ2) is 10.2. The standard InChI is InChI=1S/C24H25F5N2O3S/c1-35(33)30-23(32)19-10-18(14-4-5-14)22(11-21(19)26)34-17-3-2-8-31(13-17)12-15-9-16(25)6-7-20(15)24(27,28)29/h6-7,9-11,14,17H,2-5,8,12-13H2,1H3,(H,30,32). The van der Waals surface area contributed by atoms with Crippen LogP contribution in [0.3, 0.4) is 0 Å². The number of halogens is 5. The molecule has 1 aliphatic heterocycles. The number of nitrogens with zero attached hydrogens (tertiary/aromatic N) is 1. The number of benzene rings is 2. The zero-order valence-electron chi connectivity index (χ0n) is 19.0. The molecular formula is C24H25F5N2O3S. The molecule has 11 heteroatoms. The molecule has 1 N–H and O–H groups in total. The van der Waals surface area contributed by atoms with Crippen LogP contribution >= 0.6 is 0 Å². The van der Waals surface area contributed by atoms with E-state index in [-0.39, 0.29) is 30.1 Å². The molecule has 5 nitrogen and oxygen atoms in total. The molecule has 0 radical (unpaired) electrons. The van der Waals surface area contributed by atoms with Crippen LogP contribution in [-0.4, -0.2) is 40.5 Å². The summed E-state index contributed by atoms with van der Waals surface area (Å²) in [6.45, 7) is 0.713. The van der Waals surface area contributed by atoms with E-state index in [1.807, 2.05) is 0 Å². The van der Waals surface area contributed by atoms with Gasteiger partial charge >= 0.3 is 6.18 Å². The molecule has 1 aliphatic carbocycles. The number of hydrogen-bond donors (Lipinski definition) is 1. The van der Waals surface area contributed by atoms with Crippen molar-refractivity contribution in [3.8, 4) is 5.75 Å². The van der Waals surface area contributed by atoms with Crippen LogP contribution in [0.5, 0.6) is 5.75 Å². The van der Waals surface area contributed by atoms with E-state index >= 15 is 0 Å². The zero-order chi connectivity index (χ0) is 25.3. The van der Waals surface area contributed by atoms with Crippen molar-refractivity contribution in [1.29, 1.82) is 0 Å². The van der Waals surface area contributed by atoms with Crippen LogP contribution in [-0.2, 0) is 23.7 Å². The molecule has 0 aromatic heterocycles. The number of hydrogen-bond acceptors (Lipinski definition) is 4. The molecule has 2 aromatic rings. The van der Waals surface area contributed by atoms with Crippen LogP contribution in [0.2, 0.25) is 0 Å². The van der Waals surface area contributed by atoms with E-state index in [1.165, 1.54) is 12.3 Å². The van der Waals surface area contributed by atoms with Crippen LogP contribution in [0.15, 0.2) is 30.3 Å². The SMILES string of the molecule is CS(=O)NC(=O)c1cc(C2CC2)c(OC2CCCN(Cc3cc(F)ccc3C(F)(F)F)C2)cc1F. The van der Waals surface area contributed by atoms with Crippen LogP contribution in [0.4, 0.5) is 22.0 Å². The minimum atomic E-state index is -4.59. The first-order valence-electron chi connectivity index (χ1n) is 11.2. The Balaban J connectivity index is 1.51. The predicted molar refractivity (Wildman–Crippen MR) is 120 cm³/mol. The molecule has 2 unspecified atom stereocenters. The van der Waals surface area contributed by atoms with E-state index in [0.717, 1.165) is 37.1 Å². The monoisotopic (exact) mass is 516 g/mol. The third-order valence-electron chi connectivity index (χ3n) is 6.12. The van der Waals surface area contributed by atoms with Gasteiger partial charge in [-0.1, -0.05) is 0 Å². The Kier molecular flexibility index (Phi) is 7.46. The first-order valence-corrected chi connectivity index (χ1v) is 12.8. The highest BCUT2D eigenvalue weighted by molar-refractivity contribution is 7.82. The van der Waals surface area contributed by atoms with E-state index in [2.05, 4.69) is 4.72 Å². The summed E-state index contributed by atoms with van der Waals surface area (Å²) in [6, 6.07) is 5.02. The number of amides is 1. The topological polar surface area (TPSA) is 58.6 Å². The largest absolute Gasteiger partial charge is 0.489 e. The van der Waals surface area contributed by atoms with Gasteiger partial charge in [-0.25, -0.2) is 13.0 Å². The highest BCUT2D eigenvalue weighted by Gasteiger charge is 2.35. The zero-order valence-corrected chi connectivity index (χ0v) is 19.8. The van der Waals surface area contributed by atoms with Gasteiger partial charge in [-0.15, -0.1) is 0 Å². The first kappa shape index (κ1) is 25.6.